The summed E-state index contributed by atoms with van der Waals surface area (Å²) in [5.41, 5.74) is 0.479. The summed E-state index contributed by atoms with van der Waals surface area (Å²) in [7, 11) is 1.54. The van der Waals surface area contributed by atoms with E-state index in [4.69, 9.17) is 9.84 Å². The van der Waals surface area contributed by atoms with Gasteiger partial charge in [0.05, 0.1) is 17.1 Å². The van der Waals surface area contributed by atoms with Crippen molar-refractivity contribution >= 4 is 33.6 Å². The van der Waals surface area contributed by atoms with Gasteiger partial charge in [0.1, 0.15) is 11.6 Å². The van der Waals surface area contributed by atoms with E-state index in [0.29, 0.717) is 15.8 Å². The largest absolute Gasteiger partial charge is 0.496 e. The van der Waals surface area contributed by atoms with E-state index in [0.717, 1.165) is 0 Å². The topological polar surface area (TPSA) is 88.5 Å². The molecule has 1 aromatic carbocycles. The first-order chi connectivity index (χ1) is 10.0. The number of pyridine rings is 1. The van der Waals surface area contributed by atoms with Crippen molar-refractivity contribution in [2.75, 3.05) is 12.4 Å². The molecule has 0 unspecified atom stereocenters. The highest BCUT2D eigenvalue weighted by Crippen LogP contribution is 2.25. The summed E-state index contributed by atoms with van der Waals surface area (Å²) in [5, 5.41) is 11.4. The molecule has 1 amide bonds. The number of anilines is 1. The summed E-state index contributed by atoms with van der Waals surface area (Å²) >= 11 is 3.30. The first kappa shape index (κ1) is 15.0. The maximum absolute atomic E-state index is 12.1. The van der Waals surface area contributed by atoms with Crippen LogP contribution >= 0.6 is 15.9 Å². The highest BCUT2D eigenvalue weighted by Gasteiger charge is 2.10. The third kappa shape index (κ3) is 3.57. The monoisotopic (exact) mass is 350 g/mol. The number of methoxy groups -OCH3 is 1. The van der Waals surface area contributed by atoms with Gasteiger partial charge in [-0.1, -0.05) is 0 Å². The molecule has 0 spiro atoms. The van der Waals surface area contributed by atoms with Gasteiger partial charge in [0, 0.05) is 11.8 Å². The number of rotatable bonds is 4. The van der Waals surface area contributed by atoms with E-state index in [-0.39, 0.29) is 17.3 Å². The number of carbonyl (C=O) groups is 2. The van der Waals surface area contributed by atoms with E-state index in [1.165, 1.54) is 25.4 Å². The number of amides is 1. The van der Waals surface area contributed by atoms with Gasteiger partial charge < -0.3 is 15.2 Å². The van der Waals surface area contributed by atoms with Crippen LogP contribution in [0.15, 0.2) is 41.0 Å². The number of hydrogen-bond acceptors (Lipinski definition) is 4. The van der Waals surface area contributed by atoms with E-state index in [1.54, 1.807) is 18.2 Å². The Kier molecular flexibility index (Phi) is 4.54. The molecule has 0 saturated carbocycles. The fourth-order valence-electron chi connectivity index (χ4n) is 1.59. The minimum atomic E-state index is -1.07. The number of carboxylic acids is 1. The van der Waals surface area contributed by atoms with Crippen molar-refractivity contribution < 1.29 is 19.4 Å². The van der Waals surface area contributed by atoms with Crippen LogP contribution in [0.3, 0.4) is 0 Å². The number of aromatic nitrogens is 1. The lowest BCUT2D eigenvalue weighted by Crippen LogP contribution is -2.13. The molecule has 2 N–H and O–H groups in total. The molecule has 0 fully saturated rings. The molecular formula is C14H11BrN2O4. The maximum Gasteiger partial charge on any atom is 0.337 e. The van der Waals surface area contributed by atoms with Crippen LogP contribution < -0.4 is 10.1 Å². The number of carbonyl (C=O) groups excluding carboxylic acids is 1. The van der Waals surface area contributed by atoms with Gasteiger partial charge in [-0.25, -0.2) is 9.78 Å². The van der Waals surface area contributed by atoms with Crippen molar-refractivity contribution in [2.45, 2.75) is 0 Å². The Hall–Kier alpha value is -2.41. The van der Waals surface area contributed by atoms with Crippen LogP contribution in [-0.2, 0) is 0 Å². The highest BCUT2D eigenvalue weighted by molar-refractivity contribution is 9.10. The van der Waals surface area contributed by atoms with Gasteiger partial charge in [-0.2, -0.15) is 0 Å². The number of halogens is 1. The molecule has 0 aliphatic carbocycles. The molecule has 0 saturated heterocycles. The van der Waals surface area contributed by atoms with Gasteiger partial charge in [0.2, 0.25) is 0 Å². The van der Waals surface area contributed by atoms with Gasteiger partial charge >= 0.3 is 5.97 Å². The van der Waals surface area contributed by atoms with Gasteiger partial charge in [-0.05, 0) is 46.3 Å². The van der Waals surface area contributed by atoms with Crippen LogP contribution in [0.2, 0.25) is 0 Å². The van der Waals surface area contributed by atoms with E-state index in [2.05, 4.69) is 26.2 Å². The lowest BCUT2D eigenvalue weighted by molar-refractivity contribution is 0.0696. The first-order valence-corrected chi connectivity index (χ1v) is 6.65. The predicted molar refractivity (Wildman–Crippen MR) is 79.8 cm³/mol. The predicted octanol–water partition coefficient (Wildman–Crippen LogP) is 2.80. The smallest absolute Gasteiger partial charge is 0.337 e. The Morgan fingerprint density at radius 1 is 1.24 bits per heavy atom. The zero-order chi connectivity index (χ0) is 15.4. The quantitative estimate of drug-likeness (QED) is 0.884. The van der Waals surface area contributed by atoms with Crippen LogP contribution in [0.5, 0.6) is 5.75 Å². The van der Waals surface area contributed by atoms with Crippen molar-refractivity contribution in [3.05, 3.63) is 52.1 Å². The summed E-state index contributed by atoms with van der Waals surface area (Å²) in [4.78, 5) is 26.6. The van der Waals surface area contributed by atoms with Crippen LogP contribution in [0.25, 0.3) is 0 Å². The van der Waals surface area contributed by atoms with E-state index >= 15 is 0 Å². The Balaban J connectivity index is 2.14. The van der Waals surface area contributed by atoms with Crippen LogP contribution in [-0.4, -0.2) is 29.1 Å². The number of nitrogens with zero attached hydrogens (tertiary/aromatic N) is 1. The van der Waals surface area contributed by atoms with Gasteiger partial charge in [-0.15, -0.1) is 0 Å². The molecule has 0 aliphatic rings. The van der Waals surface area contributed by atoms with Crippen LogP contribution in [0.4, 0.5) is 5.82 Å². The fraction of sp³-hybridized carbons (Fsp3) is 0.0714. The summed E-state index contributed by atoms with van der Waals surface area (Å²) in [6.07, 6.45) is 1.18. The molecular weight excluding hydrogens is 340 g/mol. The minimum Gasteiger partial charge on any atom is -0.496 e. The third-order valence-electron chi connectivity index (χ3n) is 2.67. The number of aromatic carboxylic acids is 1. The molecule has 1 heterocycles. The average molecular weight is 351 g/mol. The zero-order valence-electron chi connectivity index (χ0n) is 11.0. The number of carboxylic acid groups (broad SMARTS) is 1. The second-order valence-corrected chi connectivity index (χ2v) is 4.90. The molecule has 0 radical (unpaired) electrons. The van der Waals surface area contributed by atoms with E-state index in [9.17, 15) is 9.59 Å². The Morgan fingerprint density at radius 3 is 2.48 bits per heavy atom. The number of hydrogen-bond donors (Lipinski definition) is 2. The van der Waals surface area contributed by atoms with Gasteiger partial charge in [0.15, 0.2) is 0 Å². The molecule has 0 atom stereocenters. The Bertz CT molecular complexity index is 686. The molecule has 1 aromatic heterocycles. The van der Waals surface area contributed by atoms with Gasteiger partial charge in [0.25, 0.3) is 5.91 Å². The number of ether oxygens (including phenoxy) is 1. The number of benzene rings is 1. The van der Waals surface area contributed by atoms with Crippen LogP contribution in [0.1, 0.15) is 20.7 Å². The molecule has 2 aromatic rings. The second kappa shape index (κ2) is 6.36. The molecule has 21 heavy (non-hydrogen) atoms. The summed E-state index contributed by atoms with van der Waals surface area (Å²) in [6.45, 7) is 0. The Morgan fingerprint density at radius 2 is 1.95 bits per heavy atom. The van der Waals surface area contributed by atoms with Crippen molar-refractivity contribution in [1.29, 1.82) is 0 Å². The lowest BCUT2D eigenvalue weighted by Gasteiger charge is -2.07. The van der Waals surface area contributed by atoms with Crippen molar-refractivity contribution in [3.63, 3.8) is 0 Å². The molecule has 6 nitrogen and oxygen atoms in total. The second-order valence-electron chi connectivity index (χ2n) is 4.04. The van der Waals surface area contributed by atoms with Gasteiger partial charge in [-0.3, -0.25) is 4.79 Å². The highest BCUT2D eigenvalue weighted by atomic mass is 79.9. The zero-order valence-corrected chi connectivity index (χ0v) is 12.5. The summed E-state index contributed by atoms with van der Waals surface area (Å²) in [5.74, 6) is -0.527. The van der Waals surface area contributed by atoms with Crippen LogP contribution in [0, 0.1) is 0 Å². The van der Waals surface area contributed by atoms with Crippen molar-refractivity contribution in [1.82, 2.24) is 4.98 Å². The third-order valence-corrected chi connectivity index (χ3v) is 3.29. The summed E-state index contributed by atoms with van der Waals surface area (Å²) in [6, 6.07) is 7.71. The lowest BCUT2D eigenvalue weighted by atomic mass is 10.2. The normalized spacial score (nSPS) is 10.0. The van der Waals surface area contributed by atoms with E-state index in [1.807, 2.05) is 0 Å². The molecule has 0 bridgehead atoms. The standard InChI is InChI=1S/C14H11BrN2O4/c1-21-11-4-2-8(6-10(11)15)13(18)17-12-5-3-9(7-16-12)14(19)20/h2-7H,1H3,(H,19,20)(H,16,17,18). The van der Waals surface area contributed by atoms with E-state index < -0.39 is 5.97 Å². The molecule has 7 heteroatoms. The molecule has 0 aliphatic heterocycles. The number of nitrogens with one attached hydrogen (secondary N) is 1. The fourth-order valence-corrected chi connectivity index (χ4v) is 2.13. The van der Waals surface area contributed by atoms with Crippen molar-refractivity contribution in [3.8, 4) is 5.75 Å². The maximum atomic E-state index is 12.1. The molecule has 108 valence electrons. The summed E-state index contributed by atoms with van der Waals surface area (Å²) < 4.78 is 5.75. The molecule has 2 rings (SSSR count). The minimum absolute atomic E-state index is 0.0557. The van der Waals surface area contributed by atoms with Crippen molar-refractivity contribution in [2.24, 2.45) is 0 Å². The Labute approximate surface area is 128 Å². The SMILES string of the molecule is COc1ccc(C(=O)Nc2ccc(C(=O)O)cn2)cc1Br. The first-order valence-electron chi connectivity index (χ1n) is 5.85. The average Bonchev–Trinajstić information content (AvgIpc) is 2.47.